The molecule has 28 heavy (non-hydrogen) atoms. The minimum atomic E-state index is -0.242. The van der Waals surface area contributed by atoms with Gasteiger partial charge in [0.2, 0.25) is 0 Å². The van der Waals surface area contributed by atoms with Crippen molar-refractivity contribution in [2.75, 3.05) is 45.3 Å². The van der Waals surface area contributed by atoms with Gasteiger partial charge in [0.25, 0.3) is 5.91 Å². The van der Waals surface area contributed by atoms with Gasteiger partial charge in [-0.1, -0.05) is 0 Å². The Morgan fingerprint density at radius 3 is 2.25 bits per heavy atom. The fourth-order valence-corrected chi connectivity index (χ4v) is 4.63. The highest BCUT2D eigenvalue weighted by atomic mass is 32.1. The summed E-state index contributed by atoms with van der Waals surface area (Å²) in [6, 6.07) is 12.1. The molecule has 1 aliphatic rings. The van der Waals surface area contributed by atoms with Gasteiger partial charge in [-0.3, -0.25) is 4.79 Å². The van der Waals surface area contributed by atoms with Crippen molar-refractivity contribution in [1.29, 1.82) is 0 Å². The Labute approximate surface area is 166 Å². The van der Waals surface area contributed by atoms with E-state index < -0.39 is 0 Å². The molecule has 0 spiro atoms. The minimum absolute atomic E-state index is 0.0177. The van der Waals surface area contributed by atoms with E-state index in [9.17, 15) is 9.18 Å². The average molecular weight is 400 g/mol. The third kappa shape index (κ3) is 3.38. The van der Waals surface area contributed by atoms with Gasteiger partial charge in [0, 0.05) is 37.3 Å². The lowest BCUT2D eigenvalue weighted by Gasteiger charge is -2.36. The van der Waals surface area contributed by atoms with E-state index in [-0.39, 0.29) is 11.7 Å². The lowest BCUT2D eigenvalue weighted by atomic mass is 10.2. The molecule has 1 fully saturated rings. The quantitative estimate of drug-likeness (QED) is 0.663. The maximum absolute atomic E-state index is 13.1. The molecule has 4 rings (SSSR count). The van der Waals surface area contributed by atoms with Crippen molar-refractivity contribution in [1.82, 2.24) is 4.90 Å². The number of methoxy groups -OCH3 is 2. The van der Waals surface area contributed by atoms with Crippen LogP contribution in [0.4, 0.5) is 10.1 Å². The summed E-state index contributed by atoms with van der Waals surface area (Å²) in [6.45, 7) is 2.68. The number of rotatable bonds is 4. The van der Waals surface area contributed by atoms with E-state index in [1.165, 1.54) is 23.5 Å². The maximum atomic E-state index is 13.1. The number of piperazine rings is 1. The summed E-state index contributed by atoms with van der Waals surface area (Å²) in [4.78, 5) is 17.7. The number of ether oxygens (including phenoxy) is 2. The van der Waals surface area contributed by atoms with E-state index in [0.717, 1.165) is 40.4 Å². The van der Waals surface area contributed by atoms with Crippen molar-refractivity contribution in [3.63, 3.8) is 0 Å². The summed E-state index contributed by atoms with van der Waals surface area (Å²) in [6.07, 6.45) is 0. The predicted octanol–water partition coefficient (Wildman–Crippen LogP) is 4.02. The zero-order chi connectivity index (χ0) is 19.7. The second-order valence-electron chi connectivity index (χ2n) is 6.58. The van der Waals surface area contributed by atoms with Gasteiger partial charge >= 0.3 is 0 Å². The molecule has 0 unspecified atom stereocenters. The van der Waals surface area contributed by atoms with Gasteiger partial charge in [-0.25, -0.2) is 4.39 Å². The summed E-state index contributed by atoms with van der Waals surface area (Å²) in [7, 11) is 3.24. The van der Waals surface area contributed by atoms with Crippen LogP contribution >= 0.6 is 11.3 Å². The van der Waals surface area contributed by atoms with Crippen molar-refractivity contribution >= 4 is 33.0 Å². The van der Waals surface area contributed by atoms with Crippen LogP contribution < -0.4 is 14.4 Å². The van der Waals surface area contributed by atoms with Gasteiger partial charge in [-0.05, 0) is 42.5 Å². The van der Waals surface area contributed by atoms with Gasteiger partial charge in [0.15, 0.2) is 0 Å². The number of anilines is 1. The number of hydrogen-bond acceptors (Lipinski definition) is 5. The highest BCUT2D eigenvalue weighted by Gasteiger charge is 2.25. The van der Waals surface area contributed by atoms with Crippen molar-refractivity contribution in [2.24, 2.45) is 0 Å². The fourth-order valence-electron chi connectivity index (χ4n) is 3.49. The number of nitrogens with zero attached hydrogens (tertiary/aromatic N) is 2. The van der Waals surface area contributed by atoms with E-state index in [1.54, 1.807) is 26.4 Å². The Balaban J connectivity index is 1.52. The average Bonchev–Trinajstić information content (AvgIpc) is 3.19. The van der Waals surface area contributed by atoms with Crippen LogP contribution in [0, 0.1) is 5.82 Å². The second kappa shape index (κ2) is 7.67. The predicted molar refractivity (Wildman–Crippen MR) is 109 cm³/mol. The molecule has 1 aliphatic heterocycles. The van der Waals surface area contributed by atoms with E-state index in [2.05, 4.69) is 4.90 Å². The van der Waals surface area contributed by atoms with Crippen LogP contribution in [0.1, 0.15) is 9.67 Å². The molecule has 5 nitrogen and oxygen atoms in total. The largest absolute Gasteiger partial charge is 0.496 e. The first-order chi connectivity index (χ1) is 13.6. The van der Waals surface area contributed by atoms with E-state index in [1.807, 2.05) is 23.1 Å². The Morgan fingerprint density at radius 1 is 0.964 bits per heavy atom. The van der Waals surface area contributed by atoms with Gasteiger partial charge < -0.3 is 19.3 Å². The molecule has 2 heterocycles. The molecule has 0 radical (unpaired) electrons. The Morgan fingerprint density at radius 2 is 1.61 bits per heavy atom. The summed E-state index contributed by atoms with van der Waals surface area (Å²) in [5.41, 5.74) is 0.977. The summed E-state index contributed by atoms with van der Waals surface area (Å²) in [5.74, 6) is 1.24. The molecule has 0 aliphatic carbocycles. The maximum Gasteiger partial charge on any atom is 0.264 e. The highest BCUT2D eigenvalue weighted by molar-refractivity contribution is 7.21. The SMILES string of the molecule is COc1ccc(OC)c2sc(C(=O)N3CCN(c4ccc(F)cc4)CC3)cc12. The van der Waals surface area contributed by atoms with Crippen LogP contribution in [0.5, 0.6) is 11.5 Å². The minimum Gasteiger partial charge on any atom is -0.496 e. The van der Waals surface area contributed by atoms with Crippen LogP contribution in [0.15, 0.2) is 42.5 Å². The topological polar surface area (TPSA) is 42.0 Å². The van der Waals surface area contributed by atoms with Gasteiger partial charge in [-0.2, -0.15) is 0 Å². The number of halogens is 1. The second-order valence-corrected chi connectivity index (χ2v) is 7.63. The monoisotopic (exact) mass is 400 g/mol. The van der Waals surface area contributed by atoms with Crippen molar-refractivity contribution in [2.45, 2.75) is 0 Å². The number of carbonyl (C=O) groups excluding carboxylic acids is 1. The molecule has 1 aromatic heterocycles. The normalized spacial score (nSPS) is 14.4. The summed E-state index contributed by atoms with van der Waals surface area (Å²) < 4.78 is 24.9. The number of carbonyl (C=O) groups is 1. The molecule has 1 amide bonds. The molecule has 0 bridgehead atoms. The first-order valence-corrected chi connectivity index (χ1v) is 9.86. The smallest absolute Gasteiger partial charge is 0.264 e. The molecular formula is C21H21FN2O3S. The summed E-state index contributed by atoms with van der Waals surface area (Å²) in [5, 5.41) is 0.889. The lowest BCUT2D eigenvalue weighted by Crippen LogP contribution is -2.48. The standard InChI is InChI=1S/C21H21FN2O3S/c1-26-17-7-8-18(27-2)20-16(17)13-19(28-20)21(25)24-11-9-23(10-12-24)15-5-3-14(22)4-6-15/h3-8,13H,9-12H2,1-2H3. The molecule has 146 valence electrons. The Hall–Kier alpha value is -2.80. The van der Waals surface area contributed by atoms with E-state index in [4.69, 9.17) is 9.47 Å². The number of benzene rings is 2. The van der Waals surface area contributed by atoms with Gasteiger partial charge in [0.1, 0.15) is 17.3 Å². The molecule has 7 heteroatoms. The molecule has 0 saturated carbocycles. The van der Waals surface area contributed by atoms with Crippen molar-refractivity contribution < 1.29 is 18.7 Å². The molecule has 3 aromatic rings. The number of amides is 1. The van der Waals surface area contributed by atoms with Crippen LogP contribution in [0.3, 0.4) is 0 Å². The number of fused-ring (bicyclic) bond motifs is 1. The molecule has 1 saturated heterocycles. The highest BCUT2D eigenvalue weighted by Crippen LogP contribution is 2.39. The molecular weight excluding hydrogens is 379 g/mol. The zero-order valence-corrected chi connectivity index (χ0v) is 16.6. The van der Waals surface area contributed by atoms with Gasteiger partial charge in [0.05, 0.1) is 23.8 Å². The molecule has 0 N–H and O–H groups in total. The summed E-state index contributed by atoms with van der Waals surface area (Å²) >= 11 is 1.43. The third-order valence-corrected chi connectivity index (χ3v) is 6.15. The first-order valence-electron chi connectivity index (χ1n) is 9.05. The lowest BCUT2D eigenvalue weighted by molar-refractivity contribution is 0.0752. The Bertz CT molecular complexity index is 954. The number of thiophene rings is 1. The van der Waals surface area contributed by atoms with E-state index >= 15 is 0 Å². The molecule has 0 atom stereocenters. The zero-order valence-electron chi connectivity index (χ0n) is 15.8. The van der Waals surface area contributed by atoms with E-state index in [0.29, 0.717) is 18.0 Å². The van der Waals surface area contributed by atoms with Crippen LogP contribution in [-0.2, 0) is 0 Å². The number of hydrogen-bond donors (Lipinski definition) is 0. The Kier molecular flexibility index (Phi) is 5.09. The fraction of sp³-hybridized carbons (Fsp3) is 0.286. The van der Waals surface area contributed by atoms with Gasteiger partial charge in [-0.15, -0.1) is 11.3 Å². The van der Waals surface area contributed by atoms with Crippen LogP contribution in [-0.4, -0.2) is 51.2 Å². The van der Waals surface area contributed by atoms with Crippen LogP contribution in [0.25, 0.3) is 10.1 Å². The van der Waals surface area contributed by atoms with Crippen molar-refractivity contribution in [3.8, 4) is 11.5 Å². The van der Waals surface area contributed by atoms with Crippen molar-refractivity contribution in [3.05, 3.63) is 53.2 Å². The molecule has 2 aromatic carbocycles. The third-order valence-electron chi connectivity index (χ3n) is 5.02. The van der Waals surface area contributed by atoms with Crippen LogP contribution in [0.2, 0.25) is 0 Å². The first kappa shape index (κ1) is 18.6.